The van der Waals surface area contributed by atoms with Gasteiger partial charge in [-0.1, -0.05) is 91.0 Å². The second kappa shape index (κ2) is 10.8. The Morgan fingerprint density at radius 1 is 0.735 bits per heavy atom. The lowest BCUT2D eigenvalue weighted by atomic mass is 9.89. The number of nitrogens with one attached hydrogen (secondary N) is 1. The van der Waals surface area contributed by atoms with E-state index in [9.17, 15) is 14.4 Å². The van der Waals surface area contributed by atoms with Crippen molar-refractivity contribution < 1.29 is 14.4 Å². The lowest BCUT2D eigenvalue weighted by Crippen LogP contribution is -2.48. The van der Waals surface area contributed by atoms with E-state index in [1.807, 2.05) is 91.0 Å². The first-order chi connectivity index (χ1) is 16.5. The van der Waals surface area contributed by atoms with Crippen LogP contribution in [-0.4, -0.2) is 35.7 Å². The van der Waals surface area contributed by atoms with E-state index in [2.05, 4.69) is 5.32 Å². The highest BCUT2D eigenvalue weighted by molar-refractivity contribution is 5.93. The Hall–Kier alpha value is -3.93. The van der Waals surface area contributed by atoms with Crippen LogP contribution in [0.15, 0.2) is 91.0 Å². The summed E-state index contributed by atoms with van der Waals surface area (Å²) in [7, 11) is 0. The molecule has 174 valence electrons. The van der Waals surface area contributed by atoms with Crippen LogP contribution in [0.4, 0.5) is 0 Å². The Labute approximate surface area is 199 Å². The summed E-state index contributed by atoms with van der Waals surface area (Å²) >= 11 is 0. The Bertz CT molecular complexity index is 1070. The predicted molar refractivity (Wildman–Crippen MR) is 131 cm³/mol. The van der Waals surface area contributed by atoms with Crippen LogP contribution in [0.5, 0.6) is 0 Å². The standard InChI is InChI=1S/C28H29N3O3/c29-26(32)23-16-18-31(19-17-23)28(34)25(22-14-8-3-9-15-22)30-27(33)24(20-10-4-1-5-11-20)21-12-6-2-7-13-21/h1-15,23-25H,16-19H2,(H2,29,32)(H,30,33). The molecule has 3 aromatic rings. The van der Waals surface area contributed by atoms with Gasteiger partial charge in [0.2, 0.25) is 17.7 Å². The van der Waals surface area contributed by atoms with Crippen molar-refractivity contribution >= 4 is 17.7 Å². The molecule has 0 aromatic heterocycles. The summed E-state index contributed by atoms with van der Waals surface area (Å²) in [6.45, 7) is 0.874. The zero-order chi connectivity index (χ0) is 23.9. The van der Waals surface area contributed by atoms with Gasteiger partial charge in [-0.15, -0.1) is 0 Å². The van der Waals surface area contributed by atoms with Gasteiger partial charge in [0.15, 0.2) is 0 Å². The average molecular weight is 456 g/mol. The van der Waals surface area contributed by atoms with Gasteiger partial charge in [-0.25, -0.2) is 0 Å². The number of nitrogens with two attached hydrogens (primary N) is 1. The first-order valence-electron chi connectivity index (χ1n) is 11.6. The summed E-state index contributed by atoms with van der Waals surface area (Å²) in [5, 5.41) is 3.04. The van der Waals surface area contributed by atoms with Crippen LogP contribution in [0.25, 0.3) is 0 Å². The second-order valence-electron chi connectivity index (χ2n) is 8.61. The number of amides is 3. The van der Waals surface area contributed by atoms with Gasteiger partial charge in [-0.2, -0.15) is 0 Å². The van der Waals surface area contributed by atoms with Gasteiger partial charge < -0.3 is 16.0 Å². The molecule has 1 unspecified atom stereocenters. The topological polar surface area (TPSA) is 92.5 Å². The minimum atomic E-state index is -0.825. The lowest BCUT2D eigenvalue weighted by molar-refractivity contribution is -0.139. The van der Waals surface area contributed by atoms with E-state index < -0.39 is 12.0 Å². The molecule has 6 heteroatoms. The highest BCUT2D eigenvalue weighted by atomic mass is 16.2. The van der Waals surface area contributed by atoms with Crippen LogP contribution >= 0.6 is 0 Å². The van der Waals surface area contributed by atoms with E-state index in [0.717, 1.165) is 16.7 Å². The van der Waals surface area contributed by atoms with Crippen molar-refractivity contribution in [2.75, 3.05) is 13.1 Å². The first kappa shape index (κ1) is 23.2. The van der Waals surface area contributed by atoms with E-state index >= 15 is 0 Å². The zero-order valence-corrected chi connectivity index (χ0v) is 19.0. The number of nitrogens with zero attached hydrogens (tertiary/aromatic N) is 1. The summed E-state index contributed by atoms with van der Waals surface area (Å²) in [4.78, 5) is 40.6. The molecule has 1 fully saturated rings. The van der Waals surface area contributed by atoms with Crippen molar-refractivity contribution in [2.24, 2.45) is 11.7 Å². The first-order valence-corrected chi connectivity index (χ1v) is 11.6. The molecular weight excluding hydrogens is 426 g/mol. The van der Waals surface area contributed by atoms with Crippen molar-refractivity contribution in [1.29, 1.82) is 0 Å². The molecule has 3 N–H and O–H groups in total. The summed E-state index contributed by atoms with van der Waals surface area (Å²) in [5.41, 5.74) is 7.88. The number of piperidine rings is 1. The van der Waals surface area contributed by atoms with Gasteiger partial charge in [0, 0.05) is 19.0 Å². The van der Waals surface area contributed by atoms with Gasteiger partial charge in [0.1, 0.15) is 6.04 Å². The molecule has 1 aliphatic heterocycles. The maximum absolute atomic E-state index is 13.7. The molecule has 0 spiro atoms. The number of benzene rings is 3. The quantitative estimate of drug-likeness (QED) is 0.572. The number of carbonyl (C=O) groups is 3. The van der Waals surface area contributed by atoms with E-state index in [-0.39, 0.29) is 23.6 Å². The Kier molecular flexibility index (Phi) is 7.38. The molecule has 4 rings (SSSR count). The zero-order valence-electron chi connectivity index (χ0n) is 19.0. The van der Waals surface area contributed by atoms with Gasteiger partial charge in [0.05, 0.1) is 5.92 Å². The molecule has 6 nitrogen and oxygen atoms in total. The fraction of sp³-hybridized carbons (Fsp3) is 0.250. The summed E-state index contributed by atoms with van der Waals surface area (Å²) in [5.74, 6) is -1.51. The van der Waals surface area contributed by atoms with Gasteiger partial charge >= 0.3 is 0 Å². The number of hydrogen-bond donors (Lipinski definition) is 2. The summed E-state index contributed by atoms with van der Waals surface area (Å²) < 4.78 is 0. The summed E-state index contributed by atoms with van der Waals surface area (Å²) in [6, 6.07) is 27.6. The molecule has 0 bridgehead atoms. The molecule has 1 atom stereocenters. The molecule has 0 radical (unpaired) electrons. The smallest absolute Gasteiger partial charge is 0.249 e. The fourth-order valence-electron chi connectivity index (χ4n) is 4.51. The van der Waals surface area contributed by atoms with Crippen molar-refractivity contribution in [3.05, 3.63) is 108 Å². The number of rotatable bonds is 7. The van der Waals surface area contributed by atoms with Crippen LogP contribution in [0, 0.1) is 5.92 Å². The SMILES string of the molecule is NC(=O)C1CCN(C(=O)C(NC(=O)C(c2ccccc2)c2ccccc2)c2ccccc2)CC1. The van der Waals surface area contributed by atoms with E-state index in [1.54, 1.807) is 4.90 Å². The van der Waals surface area contributed by atoms with Crippen LogP contribution in [-0.2, 0) is 14.4 Å². The van der Waals surface area contributed by atoms with Gasteiger partial charge in [-0.3, -0.25) is 14.4 Å². The molecule has 3 aromatic carbocycles. The Balaban J connectivity index is 1.61. The molecule has 1 heterocycles. The summed E-state index contributed by atoms with van der Waals surface area (Å²) in [6.07, 6.45) is 1.07. The van der Waals surface area contributed by atoms with Crippen molar-refractivity contribution in [1.82, 2.24) is 10.2 Å². The number of carbonyl (C=O) groups excluding carboxylic acids is 3. The molecule has 0 saturated carbocycles. The van der Waals surface area contributed by atoms with Crippen molar-refractivity contribution in [2.45, 2.75) is 24.8 Å². The largest absolute Gasteiger partial charge is 0.369 e. The fourth-order valence-corrected chi connectivity index (χ4v) is 4.51. The Morgan fingerprint density at radius 3 is 1.62 bits per heavy atom. The number of hydrogen-bond acceptors (Lipinski definition) is 3. The third kappa shape index (κ3) is 5.34. The molecule has 1 aliphatic rings. The average Bonchev–Trinajstić information content (AvgIpc) is 2.89. The molecular formula is C28H29N3O3. The highest BCUT2D eigenvalue weighted by Gasteiger charge is 2.33. The van der Waals surface area contributed by atoms with Crippen LogP contribution in [0.1, 0.15) is 41.5 Å². The third-order valence-electron chi connectivity index (χ3n) is 6.40. The van der Waals surface area contributed by atoms with Crippen molar-refractivity contribution in [3.63, 3.8) is 0 Å². The molecule has 3 amide bonds. The minimum absolute atomic E-state index is 0.178. The monoisotopic (exact) mass is 455 g/mol. The maximum Gasteiger partial charge on any atom is 0.249 e. The van der Waals surface area contributed by atoms with Gasteiger partial charge in [-0.05, 0) is 29.5 Å². The van der Waals surface area contributed by atoms with E-state index in [1.165, 1.54) is 0 Å². The van der Waals surface area contributed by atoms with Crippen molar-refractivity contribution in [3.8, 4) is 0 Å². The number of primary amides is 1. The van der Waals surface area contributed by atoms with Crippen LogP contribution in [0.2, 0.25) is 0 Å². The maximum atomic E-state index is 13.7. The van der Waals surface area contributed by atoms with Gasteiger partial charge in [0.25, 0.3) is 0 Å². The minimum Gasteiger partial charge on any atom is -0.369 e. The molecule has 34 heavy (non-hydrogen) atoms. The normalized spacial score (nSPS) is 15.0. The second-order valence-corrected chi connectivity index (χ2v) is 8.61. The number of likely N-dealkylation sites (tertiary alicyclic amines) is 1. The Morgan fingerprint density at radius 2 is 1.18 bits per heavy atom. The molecule has 0 aliphatic carbocycles. The van der Waals surface area contributed by atoms with E-state index in [4.69, 9.17) is 5.73 Å². The van der Waals surface area contributed by atoms with Crippen LogP contribution in [0.3, 0.4) is 0 Å². The lowest BCUT2D eigenvalue weighted by Gasteiger charge is -2.34. The highest BCUT2D eigenvalue weighted by Crippen LogP contribution is 2.27. The molecule has 1 saturated heterocycles. The van der Waals surface area contributed by atoms with E-state index in [0.29, 0.717) is 25.9 Å². The van der Waals surface area contributed by atoms with Crippen LogP contribution < -0.4 is 11.1 Å². The third-order valence-corrected chi connectivity index (χ3v) is 6.40. The predicted octanol–water partition coefficient (Wildman–Crippen LogP) is 3.40.